The second-order valence-electron chi connectivity index (χ2n) is 17.7. The average Bonchev–Trinajstić information content (AvgIpc) is 4.19. The van der Waals surface area contributed by atoms with Gasteiger partial charge in [-0.1, -0.05) is 121 Å². The van der Waals surface area contributed by atoms with Crippen molar-refractivity contribution in [3.05, 3.63) is 265 Å². The van der Waals surface area contributed by atoms with E-state index in [-0.39, 0.29) is 0 Å². The maximum absolute atomic E-state index is 6.19. The van der Waals surface area contributed by atoms with Crippen LogP contribution in [0.5, 0.6) is 0 Å². The third-order valence-electron chi connectivity index (χ3n) is 13.9. The first-order valence-corrected chi connectivity index (χ1v) is 23.3. The zero-order valence-corrected chi connectivity index (χ0v) is 37.2. The van der Waals surface area contributed by atoms with Gasteiger partial charge in [-0.2, -0.15) is 0 Å². The smallest absolute Gasteiger partial charge is 0.227 e. The summed E-state index contributed by atoms with van der Waals surface area (Å²) in [7, 11) is 0. The van der Waals surface area contributed by atoms with E-state index < -0.39 is 5.41 Å². The van der Waals surface area contributed by atoms with Crippen molar-refractivity contribution in [2.45, 2.75) is 5.41 Å². The molecule has 2 aliphatic carbocycles. The van der Waals surface area contributed by atoms with E-state index in [0.29, 0.717) is 11.8 Å². The van der Waals surface area contributed by atoms with Gasteiger partial charge in [-0.05, 0) is 166 Å². The molecular weight excluding hydrogens is 845 g/mol. The van der Waals surface area contributed by atoms with Crippen LogP contribution in [-0.4, -0.2) is 9.97 Å². The zero-order valence-electron chi connectivity index (χ0n) is 37.2. The third kappa shape index (κ3) is 6.05. The summed E-state index contributed by atoms with van der Waals surface area (Å²) in [6.07, 6.45) is 0. The van der Waals surface area contributed by atoms with E-state index in [1.54, 1.807) is 0 Å². The van der Waals surface area contributed by atoms with Crippen molar-refractivity contribution in [2.75, 3.05) is 9.80 Å². The highest BCUT2D eigenvalue weighted by molar-refractivity contribution is 5.97. The van der Waals surface area contributed by atoms with Crippen LogP contribution in [0.2, 0.25) is 0 Å². The van der Waals surface area contributed by atoms with Gasteiger partial charge in [0.25, 0.3) is 0 Å². The summed E-state index contributed by atoms with van der Waals surface area (Å²) in [5.74, 6) is 1.21. The lowest BCUT2D eigenvalue weighted by atomic mass is 9.70. The zero-order chi connectivity index (χ0) is 45.5. The normalized spacial score (nSPS) is 12.8. The maximum atomic E-state index is 6.19. The molecule has 69 heavy (non-hydrogen) atoms. The van der Waals surface area contributed by atoms with Crippen molar-refractivity contribution in [3.63, 3.8) is 0 Å². The fourth-order valence-corrected chi connectivity index (χ4v) is 10.9. The number of nitrogens with zero attached hydrogens (tertiary/aromatic N) is 4. The first kappa shape index (κ1) is 39.0. The van der Waals surface area contributed by atoms with E-state index in [1.807, 2.05) is 48.5 Å². The number of anilines is 6. The highest BCUT2D eigenvalue weighted by Gasteiger charge is 2.52. The molecule has 324 valence electrons. The maximum Gasteiger partial charge on any atom is 0.227 e. The van der Waals surface area contributed by atoms with Gasteiger partial charge in [0.15, 0.2) is 11.2 Å². The molecule has 10 aromatic carbocycles. The van der Waals surface area contributed by atoms with Gasteiger partial charge in [0.1, 0.15) is 11.0 Å². The van der Waals surface area contributed by atoms with Crippen molar-refractivity contribution in [1.29, 1.82) is 0 Å². The average molecular weight is 885 g/mol. The Labute approximate surface area is 398 Å². The lowest BCUT2D eigenvalue weighted by molar-refractivity contribution is 0.619. The number of hydrogen-bond acceptors (Lipinski definition) is 6. The Morgan fingerprint density at radius 3 is 1.07 bits per heavy atom. The second kappa shape index (κ2) is 15.4. The SMILES string of the molecule is c1ccc(N(c2ccc(-c3nc4ccccc4o3)cc2)c2ccc3c(c2)C2(c4ccccc4-3)c3ccccc3-c3ccc(N(c4ccccc4)c4ccc(-c5nc6ccccc6o5)cc4)cc32)cc1. The number of fused-ring (bicyclic) bond motifs is 12. The molecule has 12 aromatic rings. The minimum atomic E-state index is -0.609. The number of rotatable bonds is 8. The Morgan fingerprint density at radius 2 is 0.638 bits per heavy atom. The van der Waals surface area contributed by atoms with Gasteiger partial charge in [0.2, 0.25) is 11.8 Å². The fourth-order valence-electron chi connectivity index (χ4n) is 10.9. The first-order valence-electron chi connectivity index (χ1n) is 23.3. The third-order valence-corrected chi connectivity index (χ3v) is 13.9. The monoisotopic (exact) mass is 884 g/mol. The summed E-state index contributed by atoms with van der Waals surface area (Å²) >= 11 is 0. The minimum absolute atomic E-state index is 0.604. The molecule has 0 fully saturated rings. The van der Waals surface area contributed by atoms with Crippen LogP contribution in [0.4, 0.5) is 34.1 Å². The summed E-state index contributed by atoms with van der Waals surface area (Å²) in [6.45, 7) is 0. The van der Waals surface area contributed by atoms with Crippen molar-refractivity contribution >= 4 is 56.3 Å². The van der Waals surface area contributed by atoms with Crippen LogP contribution in [0.15, 0.2) is 251 Å². The molecular formula is C63H40N4O2. The Hall–Kier alpha value is -9.26. The molecule has 6 nitrogen and oxygen atoms in total. The number of hydrogen-bond donors (Lipinski definition) is 0. The van der Waals surface area contributed by atoms with Crippen LogP contribution in [0.3, 0.4) is 0 Å². The standard InChI is InChI=1S/C63H40N4O2/c1-3-15-43(16-4-1)66(45-31-27-41(28-32-45)61-64-57-23-11-13-25-59(57)68-61)47-35-37-51-49-19-7-9-21-53(49)63(55(51)39-47)54-22-10-8-20-50(54)52-38-36-48(40-56(52)63)67(44-17-5-2-6-18-44)46-33-29-42(30-34-46)62-65-58-24-12-14-26-60(58)69-62/h1-40H. The van der Waals surface area contributed by atoms with E-state index in [1.165, 1.54) is 44.5 Å². The lowest BCUT2D eigenvalue weighted by Crippen LogP contribution is -2.26. The molecule has 2 aliphatic rings. The van der Waals surface area contributed by atoms with Crippen molar-refractivity contribution in [3.8, 4) is 45.2 Å². The first-order chi connectivity index (χ1) is 34.2. The molecule has 2 aromatic heterocycles. The molecule has 0 radical (unpaired) electrons. The summed E-state index contributed by atoms with van der Waals surface area (Å²) in [5.41, 5.74) is 20.8. The van der Waals surface area contributed by atoms with Gasteiger partial charge in [0.05, 0.1) is 5.41 Å². The second-order valence-corrected chi connectivity index (χ2v) is 17.7. The quantitative estimate of drug-likeness (QED) is 0.152. The highest BCUT2D eigenvalue weighted by atomic mass is 16.4. The van der Waals surface area contributed by atoms with Crippen molar-refractivity contribution in [1.82, 2.24) is 9.97 Å². The molecule has 0 unspecified atom stereocenters. The van der Waals surface area contributed by atoms with E-state index in [9.17, 15) is 0 Å². The Morgan fingerprint density at radius 1 is 0.290 bits per heavy atom. The van der Waals surface area contributed by atoms with Gasteiger partial charge in [0, 0.05) is 45.3 Å². The van der Waals surface area contributed by atoms with Crippen LogP contribution in [0.25, 0.3) is 67.4 Å². The Balaban J connectivity index is 0.936. The van der Waals surface area contributed by atoms with Crippen LogP contribution in [0.1, 0.15) is 22.3 Å². The summed E-state index contributed by atoms with van der Waals surface area (Å²) in [5, 5.41) is 0. The van der Waals surface area contributed by atoms with E-state index in [2.05, 4.69) is 204 Å². The summed E-state index contributed by atoms with van der Waals surface area (Å²) in [6, 6.07) is 86.2. The predicted molar refractivity (Wildman–Crippen MR) is 278 cm³/mol. The van der Waals surface area contributed by atoms with Gasteiger partial charge in [-0.15, -0.1) is 0 Å². The Kier molecular flexibility index (Phi) is 8.70. The molecule has 1 spiro atoms. The molecule has 14 rings (SSSR count). The van der Waals surface area contributed by atoms with Crippen molar-refractivity contribution in [2.24, 2.45) is 0 Å². The van der Waals surface area contributed by atoms with E-state index in [0.717, 1.165) is 67.5 Å². The molecule has 0 bridgehead atoms. The van der Waals surface area contributed by atoms with Gasteiger partial charge >= 0.3 is 0 Å². The van der Waals surface area contributed by atoms with Crippen LogP contribution < -0.4 is 9.80 Å². The lowest BCUT2D eigenvalue weighted by Gasteiger charge is -2.33. The highest BCUT2D eigenvalue weighted by Crippen LogP contribution is 2.64. The van der Waals surface area contributed by atoms with Crippen LogP contribution in [0, 0.1) is 0 Å². The molecule has 0 N–H and O–H groups in total. The predicted octanol–water partition coefficient (Wildman–Crippen LogP) is 16.6. The van der Waals surface area contributed by atoms with Gasteiger partial charge in [-0.25, -0.2) is 9.97 Å². The van der Waals surface area contributed by atoms with Crippen LogP contribution >= 0.6 is 0 Å². The minimum Gasteiger partial charge on any atom is -0.436 e. The van der Waals surface area contributed by atoms with Gasteiger partial charge in [-0.3, -0.25) is 0 Å². The molecule has 0 aliphatic heterocycles. The number of benzene rings is 10. The fraction of sp³-hybridized carbons (Fsp3) is 0.0159. The Bertz CT molecular complexity index is 3590. The molecule has 0 saturated carbocycles. The molecule has 0 atom stereocenters. The van der Waals surface area contributed by atoms with E-state index in [4.69, 9.17) is 18.8 Å². The molecule has 0 amide bonds. The molecule has 2 heterocycles. The number of oxazole rings is 2. The van der Waals surface area contributed by atoms with E-state index >= 15 is 0 Å². The van der Waals surface area contributed by atoms with Gasteiger partial charge < -0.3 is 18.6 Å². The topological polar surface area (TPSA) is 58.5 Å². The van der Waals surface area contributed by atoms with Crippen molar-refractivity contribution < 1.29 is 8.83 Å². The largest absolute Gasteiger partial charge is 0.436 e. The number of para-hydroxylation sites is 6. The summed E-state index contributed by atoms with van der Waals surface area (Å²) < 4.78 is 12.4. The summed E-state index contributed by atoms with van der Waals surface area (Å²) in [4.78, 5) is 14.3. The molecule has 0 saturated heterocycles. The van der Waals surface area contributed by atoms with Crippen LogP contribution in [-0.2, 0) is 5.41 Å². The number of aromatic nitrogens is 2. The molecule has 6 heteroatoms.